The van der Waals surface area contributed by atoms with Crippen molar-refractivity contribution in [3.05, 3.63) is 103 Å². The van der Waals surface area contributed by atoms with Crippen LogP contribution in [0.25, 0.3) is 49.7 Å². The molecule has 0 saturated carbocycles. The molecule has 0 aliphatic heterocycles. The molecule has 0 bridgehead atoms. The smallest absolute Gasteiger partial charge is 0.170 e. The van der Waals surface area contributed by atoms with Crippen LogP contribution in [0.3, 0.4) is 0 Å². The van der Waals surface area contributed by atoms with Gasteiger partial charge in [0.1, 0.15) is 0 Å². The standard InChI is InChI=1S/C29H23BN2/c1-30(2)25-19-21(16-17-24(25)27-18-15-20-9-3-6-12-26(20)31-27)32-28-13-7-4-10-22(28)23-11-5-8-14-29(23)32/h3-19H,1-2H3. The van der Waals surface area contributed by atoms with Gasteiger partial charge in [-0.05, 0) is 42.0 Å². The van der Waals surface area contributed by atoms with Crippen LogP contribution in [0.4, 0.5) is 0 Å². The van der Waals surface area contributed by atoms with Crippen molar-refractivity contribution in [3.63, 3.8) is 0 Å². The van der Waals surface area contributed by atoms with E-state index in [1.54, 1.807) is 0 Å². The Morgan fingerprint density at radius 1 is 0.656 bits per heavy atom. The van der Waals surface area contributed by atoms with Crippen LogP contribution in [0, 0.1) is 0 Å². The minimum absolute atomic E-state index is 0.381. The van der Waals surface area contributed by atoms with Crippen LogP contribution in [0.1, 0.15) is 0 Å². The number of aromatic nitrogens is 2. The maximum absolute atomic E-state index is 4.97. The zero-order valence-electron chi connectivity index (χ0n) is 18.3. The molecule has 2 nitrogen and oxygen atoms in total. The van der Waals surface area contributed by atoms with Gasteiger partial charge in [0, 0.05) is 21.8 Å². The monoisotopic (exact) mass is 410 g/mol. The Hall–Kier alpha value is -3.85. The molecule has 32 heavy (non-hydrogen) atoms. The van der Waals surface area contributed by atoms with E-state index in [1.807, 2.05) is 6.07 Å². The van der Waals surface area contributed by atoms with Crippen LogP contribution in [-0.4, -0.2) is 16.3 Å². The fourth-order valence-corrected chi connectivity index (χ4v) is 4.82. The molecule has 2 aromatic heterocycles. The van der Waals surface area contributed by atoms with Crippen molar-refractivity contribution in [1.82, 2.24) is 9.55 Å². The van der Waals surface area contributed by atoms with Gasteiger partial charge in [-0.3, -0.25) is 0 Å². The van der Waals surface area contributed by atoms with E-state index in [-0.39, 0.29) is 0 Å². The van der Waals surface area contributed by atoms with Crippen molar-refractivity contribution >= 4 is 44.9 Å². The van der Waals surface area contributed by atoms with Crippen molar-refractivity contribution in [2.75, 3.05) is 0 Å². The number of para-hydroxylation sites is 3. The lowest BCUT2D eigenvalue weighted by Crippen LogP contribution is -2.26. The number of hydrogen-bond donors (Lipinski definition) is 0. The lowest BCUT2D eigenvalue weighted by Gasteiger charge is -2.16. The molecule has 0 amide bonds. The number of pyridine rings is 1. The predicted octanol–water partition coefficient (Wildman–Crippen LogP) is 6.96. The molecule has 0 atom stereocenters. The number of fused-ring (bicyclic) bond motifs is 4. The molecule has 6 rings (SSSR count). The fraction of sp³-hybridized carbons (Fsp3) is 0.0690. The highest BCUT2D eigenvalue weighted by Gasteiger charge is 2.16. The van der Waals surface area contributed by atoms with Crippen molar-refractivity contribution in [1.29, 1.82) is 0 Å². The molecule has 6 aromatic rings. The van der Waals surface area contributed by atoms with Crippen LogP contribution < -0.4 is 5.46 Å². The third-order valence-corrected chi connectivity index (χ3v) is 6.37. The molecule has 0 N–H and O–H groups in total. The molecule has 2 heterocycles. The molecular weight excluding hydrogens is 387 g/mol. The quantitative estimate of drug-likeness (QED) is 0.288. The highest BCUT2D eigenvalue weighted by molar-refractivity contribution is 6.72. The lowest BCUT2D eigenvalue weighted by atomic mass is 9.48. The third kappa shape index (κ3) is 2.93. The van der Waals surface area contributed by atoms with Crippen LogP contribution in [-0.2, 0) is 0 Å². The zero-order chi connectivity index (χ0) is 21.7. The van der Waals surface area contributed by atoms with Gasteiger partial charge in [0.05, 0.1) is 22.2 Å². The number of benzene rings is 4. The first-order valence-corrected chi connectivity index (χ1v) is 11.2. The summed E-state index contributed by atoms with van der Waals surface area (Å²) in [6, 6.07) is 36.8. The second kappa shape index (κ2) is 7.38. The van der Waals surface area contributed by atoms with Crippen molar-refractivity contribution < 1.29 is 0 Å². The summed E-state index contributed by atoms with van der Waals surface area (Å²) in [5, 5.41) is 3.74. The molecular formula is C29H23BN2. The predicted molar refractivity (Wildman–Crippen MR) is 139 cm³/mol. The lowest BCUT2D eigenvalue weighted by molar-refractivity contribution is 1.18. The minimum Gasteiger partial charge on any atom is -0.309 e. The first-order chi connectivity index (χ1) is 15.7. The normalized spacial score (nSPS) is 11.4. The summed E-state index contributed by atoms with van der Waals surface area (Å²) in [7, 11) is 0. The van der Waals surface area contributed by atoms with Gasteiger partial charge in [0.15, 0.2) is 6.71 Å². The summed E-state index contributed by atoms with van der Waals surface area (Å²) in [6.07, 6.45) is 0. The molecule has 0 unspecified atom stereocenters. The van der Waals surface area contributed by atoms with E-state index in [0.29, 0.717) is 6.71 Å². The largest absolute Gasteiger partial charge is 0.309 e. The van der Waals surface area contributed by atoms with Crippen LogP contribution in [0.2, 0.25) is 13.6 Å². The minimum atomic E-state index is 0.381. The summed E-state index contributed by atoms with van der Waals surface area (Å²) in [4.78, 5) is 4.97. The maximum Gasteiger partial charge on any atom is 0.170 e. The van der Waals surface area contributed by atoms with Gasteiger partial charge in [-0.25, -0.2) is 4.98 Å². The van der Waals surface area contributed by atoms with Crippen molar-refractivity contribution in [2.24, 2.45) is 0 Å². The van der Waals surface area contributed by atoms with E-state index in [4.69, 9.17) is 4.98 Å². The van der Waals surface area contributed by atoms with Gasteiger partial charge in [0.2, 0.25) is 0 Å². The van der Waals surface area contributed by atoms with Gasteiger partial charge in [0.25, 0.3) is 0 Å². The second-order valence-electron chi connectivity index (χ2n) is 8.69. The summed E-state index contributed by atoms with van der Waals surface area (Å²) in [6.45, 7) is 4.90. The Bertz CT molecular complexity index is 1560. The Labute approximate surface area is 188 Å². The third-order valence-electron chi connectivity index (χ3n) is 6.37. The van der Waals surface area contributed by atoms with E-state index in [9.17, 15) is 0 Å². The molecule has 0 saturated heterocycles. The van der Waals surface area contributed by atoms with Crippen LogP contribution in [0.5, 0.6) is 0 Å². The topological polar surface area (TPSA) is 17.8 Å². The van der Waals surface area contributed by atoms with E-state index in [1.165, 1.54) is 43.9 Å². The Balaban J connectivity index is 1.59. The maximum atomic E-state index is 4.97. The molecule has 0 fully saturated rings. The van der Waals surface area contributed by atoms with Gasteiger partial charge in [-0.2, -0.15) is 0 Å². The van der Waals surface area contributed by atoms with Crippen LogP contribution >= 0.6 is 0 Å². The van der Waals surface area contributed by atoms with Crippen molar-refractivity contribution in [2.45, 2.75) is 13.6 Å². The molecule has 0 aliphatic carbocycles. The van der Waals surface area contributed by atoms with E-state index in [2.05, 4.69) is 115 Å². The average Bonchev–Trinajstić information content (AvgIpc) is 3.18. The van der Waals surface area contributed by atoms with Gasteiger partial charge < -0.3 is 4.57 Å². The Kier molecular flexibility index (Phi) is 4.36. The number of hydrogen-bond acceptors (Lipinski definition) is 1. The average molecular weight is 410 g/mol. The first-order valence-electron chi connectivity index (χ1n) is 11.2. The highest BCUT2D eigenvalue weighted by atomic mass is 15.0. The number of nitrogens with zero attached hydrogens (tertiary/aromatic N) is 2. The van der Waals surface area contributed by atoms with E-state index in [0.717, 1.165) is 11.2 Å². The highest BCUT2D eigenvalue weighted by Crippen LogP contribution is 2.32. The molecule has 0 radical (unpaired) electrons. The Morgan fingerprint density at radius 2 is 1.31 bits per heavy atom. The van der Waals surface area contributed by atoms with E-state index >= 15 is 0 Å². The van der Waals surface area contributed by atoms with Crippen LogP contribution in [0.15, 0.2) is 103 Å². The summed E-state index contributed by atoms with van der Waals surface area (Å²) in [5.41, 5.74) is 8.24. The molecule has 4 aromatic carbocycles. The Morgan fingerprint density at radius 3 is 2.03 bits per heavy atom. The molecule has 0 aliphatic rings. The SMILES string of the molecule is CB(C)c1cc(-n2c3ccccc3c3ccccc32)ccc1-c1ccc2ccccc2n1. The van der Waals surface area contributed by atoms with Gasteiger partial charge in [-0.15, -0.1) is 0 Å². The van der Waals surface area contributed by atoms with Crippen molar-refractivity contribution in [3.8, 4) is 16.9 Å². The zero-order valence-corrected chi connectivity index (χ0v) is 18.3. The molecule has 0 spiro atoms. The summed E-state index contributed by atoms with van der Waals surface area (Å²) < 4.78 is 2.38. The first kappa shape index (κ1) is 18.9. The molecule has 3 heteroatoms. The van der Waals surface area contributed by atoms with Gasteiger partial charge in [-0.1, -0.05) is 85.8 Å². The second-order valence-corrected chi connectivity index (χ2v) is 8.69. The van der Waals surface area contributed by atoms with Gasteiger partial charge >= 0.3 is 0 Å². The summed E-state index contributed by atoms with van der Waals surface area (Å²) >= 11 is 0. The number of rotatable bonds is 3. The van der Waals surface area contributed by atoms with E-state index < -0.39 is 0 Å². The fourth-order valence-electron chi connectivity index (χ4n) is 4.82. The summed E-state index contributed by atoms with van der Waals surface area (Å²) in [5.74, 6) is 0. The molecule has 152 valence electrons.